The number of aliphatic hydroxyl groups is 1. The number of pyridine rings is 1. The summed E-state index contributed by atoms with van der Waals surface area (Å²) in [6, 6.07) is 3.74. The summed E-state index contributed by atoms with van der Waals surface area (Å²) in [5, 5.41) is 13.3. The number of amides is 2. The van der Waals surface area contributed by atoms with Crippen molar-refractivity contribution >= 4 is 11.8 Å². The van der Waals surface area contributed by atoms with Crippen LogP contribution in [0.5, 0.6) is 0 Å². The van der Waals surface area contributed by atoms with E-state index < -0.39 is 6.10 Å². The Labute approximate surface area is 154 Å². The molecule has 26 heavy (non-hydrogen) atoms. The molecule has 0 spiro atoms. The minimum atomic E-state index is -0.565. The largest absolute Gasteiger partial charge is 0.390 e. The zero-order valence-electron chi connectivity index (χ0n) is 15.1. The molecule has 0 radical (unpaired) electrons. The number of nitrogens with zero attached hydrogens (tertiary/aromatic N) is 3. The average Bonchev–Trinajstić information content (AvgIpc) is 3.03. The topological polar surface area (TPSA) is 85.8 Å². The molecule has 7 heteroatoms. The molecule has 3 heterocycles. The monoisotopic (exact) mass is 360 g/mol. The summed E-state index contributed by atoms with van der Waals surface area (Å²) in [7, 11) is 0. The number of aliphatic hydroxyl groups excluding tert-OH is 1. The molecule has 0 aliphatic carbocycles. The number of likely N-dealkylation sites (tertiary alicyclic amines) is 2. The second kappa shape index (κ2) is 9.09. The van der Waals surface area contributed by atoms with Gasteiger partial charge in [-0.1, -0.05) is 6.07 Å². The molecular weight excluding hydrogens is 332 g/mol. The maximum Gasteiger partial charge on any atom is 0.222 e. The van der Waals surface area contributed by atoms with Crippen molar-refractivity contribution in [3.05, 3.63) is 30.1 Å². The number of nitrogens with one attached hydrogen (secondary N) is 1. The molecule has 142 valence electrons. The fraction of sp³-hybridized carbons (Fsp3) is 0.632. The summed E-state index contributed by atoms with van der Waals surface area (Å²) in [5.74, 6) is 0.156. The summed E-state index contributed by atoms with van der Waals surface area (Å²) >= 11 is 0. The van der Waals surface area contributed by atoms with E-state index in [9.17, 15) is 14.7 Å². The van der Waals surface area contributed by atoms with Crippen LogP contribution in [0, 0.1) is 0 Å². The lowest BCUT2D eigenvalue weighted by atomic mass is 10.0. The van der Waals surface area contributed by atoms with Crippen molar-refractivity contribution in [3.8, 4) is 0 Å². The Morgan fingerprint density at radius 2 is 2.27 bits per heavy atom. The molecule has 2 N–H and O–H groups in total. The van der Waals surface area contributed by atoms with E-state index in [1.165, 1.54) is 0 Å². The highest BCUT2D eigenvalue weighted by molar-refractivity contribution is 5.78. The lowest BCUT2D eigenvalue weighted by molar-refractivity contribution is -0.128. The molecule has 2 aliphatic rings. The molecule has 2 amide bonds. The maximum absolute atomic E-state index is 12.1. The molecule has 2 fully saturated rings. The summed E-state index contributed by atoms with van der Waals surface area (Å²) in [4.78, 5) is 31.8. The molecule has 2 aliphatic heterocycles. The van der Waals surface area contributed by atoms with Gasteiger partial charge in [-0.25, -0.2) is 0 Å². The Kier molecular flexibility index (Phi) is 6.57. The Morgan fingerprint density at radius 1 is 1.38 bits per heavy atom. The minimum Gasteiger partial charge on any atom is -0.390 e. The van der Waals surface area contributed by atoms with E-state index in [0.717, 1.165) is 38.0 Å². The number of piperidine rings is 1. The Balaban J connectivity index is 1.36. The molecular formula is C19H28N4O3. The maximum atomic E-state index is 12.1. The average molecular weight is 360 g/mol. The second-order valence-electron chi connectivity index (χ2n) is 7.21. The fourth-order valence-corrected chi connectivity index (χ4v) is 3.71. The number of aromatic nitrogens is 1. The van der Waals surface area contributed by atoms with Gasteiger partial charge in [-0.15, -0.1) is 0 Å². The van der Waals surface area contributed by atoms with E-state index in [2.05, 4.69) is 15.2 Å². The SMILES string of the molecule is O=C(CCCN1CCCC1=O)NC1CCN(Cc2cccnc2)CC1O. The van der Waals surface area contributed by atoms with Gasteiger partial charge in [-0.3, -0.25) is 19.5 Å². The number of β-amino-alcohol motifs (C(OH)–C–C–N with tert-alkyl or cyclic N) is 1. The van der Waals surface area contributed by atoms with Crippen LogP contribution in [0.25, 0.3) is 0 Å². The van der Waals surface area contributed by atoms with Crippen LogP contribution in [-0.2, 0) is 16.1 Å². The van der Waals surface area contributed by atoms with Crippen molar-refractivity contribution in [3.63, 3.8) is 0 Å². The predicted octanol–water partition coefficient (Wildman–Crippen LogP) is 0.536. The molecule has 1 aromatic rings. The number of hydrogen-bond acceptors (Lipinski definition) is 5. The third-order valence-corrected chi connectivity index (χ3v) is 5.14. The first-order chi connectivity index (χ1) is 12.6. The van der Waals surface area contributed by atoms with Gasteiger partial charge in [-0.2, -0.15) is 0 Å². The first kappa shape index (κ1) is 18.8. The van der Waals surface area contributed by atoms with Gasteiger partial charge in [0, 0.05) is 58.0 Å². The van der Waals surface area contributed by atoms with Crippen molar-refractivity contribution in [2.24, 2.45) is 0 Å². The smallest absolute Gasteiger partial charge is 0.222 e. The number of carbonyl (C=O) groups is 2. The fourth-order valence-electron chi connectivity index (χ4n) is 3.71. The quantitative estimate of drug-likeness (QED) is 0.741. The van der Waals surface area contributed by atoms with Crippen molar-refractivity contribution in [2.75, 3.05) is 26.2 Å². The first-order valence-electron chi connectivity index (χ1n) is 9.48. The molecule has 0 saturated carbocycles. The van der Waals surface area contributed by atoms with Crippen LogP contribution in [0.1, 0.15) is 37.7 Å². The molecule has 0 aromatic carbocycles. The molecule has 2 unspecified atom stereocenters. The standard InChI is InChI=1S/C19H28N4O3/c24-17-14-22(13-15-4-1-8-20-12-15)11-7-16(17)21-18(25)5-2-9-23-10-3-6-19(23)26/h1,4,8,12,16-17,24H,2-3,5-7,9-11,13-14H2,(H,21,25). The zero-order valence-corrected chi connectivity index (χ0v) is 15.1. The summed E-state index contributed by atoms with van der Waals surface area (Å²) in [5.41, 5.74) is 1.12. The van der Waals surface area contributed by atoms with Gasteiger partial charge in [0.15, 0.2) is 0 Å². The molecule has 2 saturated heterocycles. The van der Waals surface area contributed by atoms with Crippen molar-refractivity contribution in [2.45, 2.75) is 50.8 Å². The third kappa shape index (κ3) is 5.25. The minimum absolute atomic E-state index is 0.0404. The van der Waals surface area contributed by atoms with Crippen LogP contribution in [0.15, 0.2) is 24.5 Å². The van der Waals surface area contributed by atoms with Crippen LogP contribution >= 0.6 is 0 Å². The van der Waals surface area contributed by atoms with E-state index in [1.807, 2.05) is 23.2 Å². The van der Waals surface area contributed by atoms with Crippen LogP contribution < -0.4 is 5.32 Å². The highest BCUT2D eigenvalue weighted by atomic mass is 16.3. The van der Waals surface area contributed by atoms with Crippen molar-refractivity contribution < 1.29 is 14.7 Å². The van der Waals surface area contributed by atoms with E-state index in [-0.39, 0.29) is 17.9 Å². The van der Waals surface area contributed by atoms with Crippen molar-refractivity contribution in [1.82, 2.24) is 20.1 Å². The van der Waals surface area contributed by atoms with Gasteiger partial charge in [0.1, 0.15) is 0 Å². The van der Waals surface area contributed by atoms with E-state index in [1.54, 1.807) is 6.20 Å². The predicted molar refractivity (Wildman–Crippen MR) is 97.1 cm³/mol. The molecule has 3 rings (SSSR count). The van der Waals surface area contributed by atoms with Gasteiger partial charge in [0.05, 0.1) is 12.1 Å². The highest BCUT2D eigenvalue weighted by Crippen LogP contribution is 2.15. The van der Waals surface area contributed by atoms with E-state index in [4.69, 9.17) is 0 Å². The van der Waals surface area contributed by atoms with Crippen molar-refractivity contribution in [1.29, 1.82) is 0 Å². The molecule has 2 atom stereocenters. The first-order valence-corrected chi connectivity index (χ1v) is 9.48. The lowest BCUT2D eigenvalue weighted by Gasteiger charge is -2.36. The van der Waals surface area contributed by atoms with Crippen LogP contribution in [0.3, 0.4) is 0 Å². The number of rotatable bonds is 7. The van der Waals surface area contributed by atoms with Gasteiger partial charge in [-0.05, 0) is 30.9 Å². The summed E-state index contributed by atoms with van der Waals surface area (Å²) in [6.45, 7) is 3.60. The zero-order chi connectivity index (χ0) is 18.4. The lowest BCUT2D eigenvalue weighted by Crippen LogP contribution is -2.53. The summed E-state index contributed by atoms with van der Waals surface area (Å²) < 4.78 is 0. The highest BCUT2D eigenvalue weighted by Gasteiger charge is 2.28. The third-order valence-electron chi connectivity index (χ3n) is 5.14. The van der Waals surface area contributed by atoms with E-state index >= 15 is 0 Å². The van der Waals surface area contributed by atoms with Crippen LogP contribution in [0.2, 0.25) is 0 Å². The van der Waals surface area contributed by atoms with Gasteiger partial charge >= 0.3 is 0 Å². The van der Waals surface area contributed by atoms with Gasteiger partial charge in [0.25, 0.3) is 0 Å². The van der Waals surface area contributed by atoms with Gasteiger partial charge < -0.3 is 15.3 Å². The van der Waals surface area contributed by atoms with Gasteiger partial charge in [0.2, 0.25) is 11.8 Å². The molecule has 0 bridgehead atoms. The Hall–Kier alpha value is -1.99. The van der Waals surface area contributed by atoms with Crippen LogP contribution in [0.4, 0.5) is 0 Å². The van der Waals surface area contributed by atoms with Crippen LogP contribution in [-0.4, -0.2) is 70.0 Å². The van der Waals surface area contributed by atoms with E-state index in [0.29, 0.717) is 32.4 Å². The molecule has 1 aromatic heterocycles. The summed E-state index contributed by atoms with van der Waals surface area (Å²) in [6.07, 6.45) is 6.39. The number of hydrogen-bond donors (Lipinski definition) is 2. The normalized spacial score (nSPS) is 24.0. The Bertz CT molecular complexity index is 610. The second-order valence-corrected chi connectivity index (χ2v) is 7.21. The Morgan fingerprint density at radius 3 is 2.96 bits per heavy atom. The number of carbonyl (C=O) groups excluding carboxylic acids is 2. The molecule has 7 nitrogen and oxygen atoms in total.